The van der Waals surface area contributed by atoms with Gasteiger partial charge in [-0.15, -0.1) is 0 Å². The molecular weight excluding hydrogens is 372 g/mol. The van der Waals surface area contributed by atoms with E-state index in [4.69, 9.17) is 0 Å². The second-order valence-corrected chi connectivity index (χ2v) is 8.40. The van der Waals surface area contributed by atoms with Crippen LogP contribution in [0.15, 0.2) is 60.3 Å². The van der Waals surface area contributed by atoms with Crippen molar-refractivity contribution in [3.05, 3.63) is 77.0 Å². The molecule has 1 heterocycles. The lowest BCUT2D eigenvalue weighted by Gasteiger charge is -2.40. The molecule has 2 amide bonds. The first-order chi connectivity index (χ1) is 14.6. The number of fused-ring (bicyclic) bond motifs is 1. The number of carbonyl (C=O) groups is 2. The van der Waals surface area contributed by atoms with Gasteiger partial charge in [0.1, 0.15) is 0 Å². The van der Waals surface area contributed by atoms with Gasteiger partial charge in [0.15, 0.2) is 0 Å². The molecule has 30 heavy (non-hydrogen) atoms. The Bertz CT molecular complexity index is 943. The zero-order valence-corrected chi connectivity index (χ0v) is 17.7. The average Bonchev–Trinajstić information content (AvgIpc) is 2.78. The Hall–Kier alpha value is -2.88. The molecule has 0 spiro atoms. The summed E-state index contributed by atoms with van der Waals surface area (Å²) in [6, 6.07) is 18.5. The summed E-state index contributed by atoms with van der Waals surface area (Å²) >= 11 is 0. The Balaban J connectivity index is 1.52. The van der Waals surface area contributed by atoms with Crippen molar-refractivity contribution in [2.45, 2.75) is 64.5 Å². The van der Waals surface area contributed by atoms with Gasteiger partial charge in [-0.2, -0.15) is 0 Å². The van der Waals surface area contributed by atoms with Gasteiger partial charge < -0.3 is 4.90 Å². The maximum absolute atomic E-state index is 13.2. The van der Waals surface area contributed by atoms with Crippen molar-refractivity contribution in [2.24, 2.45) is 0 Å². The predicted octanol–water partition coefficient (Wildman–Crippen LogP) is 4.84. The summed E-state index contributed by atoms with van der Waals surface area (Å²) in [4.78, 5) is 28.1. The van der Waals surface area contributed by atoms with Crippen molar-refractivity contribution in [1.82, 2.24) is 10.2 Å². The van der Waals surface area contributed by atoms with Crippen LogP contribution in [0, 0.1) is 0 Å². The van der Waals surface area contributed by atoms with E-state index in [1.54, 1.807) is 0 Å². The molecule has 0 atom stereocenters. The third kappa shape index (κ3) is 4.48. The van der Waals surface area contributed by atoms with Crippen LogP contribution in [-0.4, -0.2) is 22.8 Å². The topological polar surface area (TPSA) is 49.4 Å². The van der Waals surface area contributed by atoms with Gasteiger partial charge in [-0.3, -0.25) is 14.9 Å². The Morgan fingerprint density at radius 1 is 0.967 bits per heavy atom. The number of amides is 2. The minimum atomic E-state index is -0.279. The number of hydrogen-bond donors (Lipinski definition) is 1. The monoisotopic (exact) mass is 402 g/mol. The van der Waals surface area contributed by atoms with Crippen LogP contribution in [0.3, 0.4) is 0 Å². The Labute approximate surface area is 179 Å². The zero-order chi connectivity index (χ0) is 20.9. The molecule has 0 aromatic heterocycles. The van der Waals surface area contributed by atoms with Crippen LogP contribution < -0.4 is 5.32 Å². The molecule has 0 saturated heterocycles. The van der Waals surface area contributed by atoms with Gasteiger partial charge in [-0.05, 0) is 42.9 Å². The number of hydrogen-bond acceptors (Lipinski definition) is 3. The van der Waals surface area contributed by atoms with E-state index in [0.29, 0.717) is 24.5 Å². The van der Waals surface area contributed by atoms with Crippen molar-refractivity contribution in [2.75, 3.05) is 0 Å². The molecular formula is C26H30N2O2. The summed E-state index contributed by atoms with van der Waals surface area (Å²) in [7, 11) is 0. The highest BCUT2D eigenvalue weighted by molar-refractivity contribution is 6.24. The fourth-order valence-corrected chi connectivity index (χ4v) is 4.78. The molecule has 1 fully saturated rings. The van der Waals surface area contributed by atoms with Crippen molar-refractivity contribution in [3.63, 3.8) is 0 Å². The van der Waals surface area contributed by atoms with Crippen LogP contribution in [0.1, 0.15) is 62.1 Å². The first-order valence-electron chi connectivity index (χ1n) is 11.1. The quantitative estimate of drug-likeness (QED) is 0.778. The van der Waals surface area contributed by atoms with Crippen molar-refractivity contribution < 1.29 is 9.59 Å². The van der Waals surface area contributed by atoms with Gasteiger partial charge in [0.05, 0.1) is 5.57 Å². The van der Waals surface area contributed by atoms with Gasteiger partial charge in [0, 0.05) is 24.7 Å². The van der Waals surface area contributed by atoms with E-state index < -0.39 is 0 Å². The summed E-state index contributed by atoms with van der Waals surface area (Å²) in [6.07, 6.45) is 7.06. The van der Waals surface area contributed by atoms with Crippen LogP contribution in [0.2, 0.25) is 0 Å². The fourth-order valence-electron chi connectivity index (χ4n) is 4.78. The normalized spacial score (nSPS) is 16.9. The number of aryl methyl sites for hydroxylation is 1. The lowest BCUT2D eigenvalue weighted by atomic mass is 9.88. The molecule has 2 aliphatic rings. The SMILES string of the molecule is CC1=C(C(=O)NC(=O)CCc2ccccc2)c2ccccc2CN1C1CCCCC1. The second kappa shape index (κ2) is 9.29. The smallest absolute Gasteiger partial charge is 0.260 e. The summed E-state index contributed by atoms with van der Waals surface area (Å²) < 4.78 is 0. The highest BCUT2D eigenvalue weighted by atomic mass is 16.2. The van der Waals surface area contributed by atoms with E-state index in [1.165, 1.54) is 32.1 Å². The maximum atomic E-state index is 13.2. The van der Waals surface area contributed by atoms with E-state index in [1.807, 2.05) is 55.5 Å². The van der Waals surface area contributed by atoms with E-state index in [2.05, 4.69) is 16.3 Å². The molecule has 2 aromatic carbocycles. The van der Waals surface area contributed by atoms with Crippen LogP contribution in [-0.2, 0) is 22.6 Å². The second-order valence-electron chi connectivity index (χ2n) is 8.40. The maximum Gasteiger partial charge on any atom is 0.260 e. The number of allylic oxidation sites excluding steroid dienone is 1. The Morgan fingerprint density at radius 2 is 1.67 bits per heavy atom. The van der Waals surface area contributed by atoms with Crippen molar-refractivity contribution >= 4 is 17.4 Å². The predicted molar refractivity (Wildman–Crippen MR) is 119 cm³/mol. The Kier molecular flexibility index (Phi) is 6.32. The van der Waals surface area contributed by atoms with Crippen LogP contribution in [0.25, 0.3) is 5.57 Å². The van der Waals surface area contributed by atoms with Gasteiger partial charge in [-0.25, -0.2) is 0 Å². The highest BCUT2D eigenvalue weighted by Crippen LogP contribution is 2.36. The number of benzene rings is 2. The third-order valence-electron chi connectivity index (χ3n) is 6.40. The molecule has 0 bridgehead atoms. The number of rotatable bonds is 5. The minimum absolute atomic E-state index is 0.226. The molecule has 0 radical (unpaired) electrons. The van der Waals surface area contributed by atoms with Gasteiger partial charge in [0.25, 0.3) is 5.91 Å². The van der Waals surface area contributed by atoms with Crippen LogP contribution in [0.4, 0.5) is 0 Å². The molecule has 4 rings (SSSR count). The largest absolute Gasteiger partial charge is 0.367 e. The van der Waals surface area contributed by atoms with Gasteiger partial charge >= 0.3 is 0 Å². The molecule has 1 aliphatic heterocycles. The highest BCUT2D eigenvalue weighted by Gasteiger charge is 2.31. The molecule has 4 nitrogen and oxygen atoms in total. The van der Waals surface area contributed by atoms with Gasteiger partial charge in [0.2, 0.25) is 5.91 Å². The molecule has 1 N–H and O–H groups in total. The molecule has 2 aromatic rings. The first-order valence-corrected chi connectivity index (χ1v) is 11.1. The van der Waals surface area contributed by atoms with Crippen LogP contribution >= 0.6 is 0 Å². The summed E-state index contributed by atoms with van der Waals surface area (Å²) in [5.74, 6) is -0.505. The number of nitrogens with zero attached hydrogens (tertiary/aromatic N) is 1. The number of imide groups is 1. The molecule has 1 saturated carbocycles. The van der Waals surface area contributed by atoms with E-state index >= 15 is 0 Å². The summed E-state index contributed by atoms with van der Waals surface area (Å²) in [5, 5.41) is 2.65. The molecule has 4 heteroatoms. The van der Waals surface area contributed by atoms with E-state index in [-0.39, 0.29) is 11.8 Å². The lowest BCUT2D eigenvalue weighted by molar-refractivity contribution is -0.127. The third-order valence-corrected chi connectivity index (χ3v) is 6.40. The standard InChI is InChI=1S/C26H30N2O2/c1-19-25(26(30)27-24(29)17-16-20-10-4-2-5-11-20)23-15-9-8-12-21(23)18-28(19)22-13-6-3-7-14-22/h2,4-5,8-12,15,22H,3,6-7,13-14,16-18H2,1H3,(H,27,29,30). The molecule has 0 unspecified atom stereocenters. The summed E-state index contributed by atoms with van der Waals surface area (Å²) in [6.45, 7) is 2.87. The first kappa shape index (κ1) is 20.4. The molecule has 156 valence electrons. The minimum Gasteiger partial charge on any atom is -0.367 e. The van der Waals surface area contributed by atoms with E-state index in [0.717, 1.165) is 28.9 Å². The number of nitrogens with one attached hydrogen (secondary N) is 1. The van der Waals surface area contributed by atoms with Crippen molar-refractivity contribution in [3.8, 4) is 0 Å². The Morgan fingerprint density at radius 3 is 2.43 bits per heavy atom. The molecule has 1 aliphatic carbocycles. The van der Waals surface area contributed by atoms with Gasteiger partial charge in [-0.1, -0.05) is 73.9 Å². The fraction of sp³-hybridized carbons (Fsp3) is 0.385. The zero-order valence-electron chi connectivity index (χ0n) is 17.7. The van der Waals surface area contributed by atoms with Crippen molar-refractivity contribution in [1.29, 1.82) is 0 Å². The van der Waals surface area contributed by atoms with Crippen LogP contribution in [0.5, 0.6) is 0 Å². The van der Waals surface area contributed by atoms with E-state index in [9.17, 15) is 9.59 Å². The summed E-state index contributed by atoms with van der Waals surface area (Å²) in [5.41, 5.74) is 4.86. The number of carbonyl (C=O) groups excluding carboxylic acids is 2. The lowest BCUT2D eigenvalue weighted by Crippen LogP contribution is -2.40. The average molecular weight is 403 g/mol.